The minimum Gasteiger partial charge on any atom is -0.340 e. The number of benzene rings is 1. The summed E-state index contributed by atoms with van der Waals surface area (Å²) < 4.78 is 0. The highest BCUT2D eigenvalue weighted by Gasteiger charge is 2.29. The first kappa shape index (κ1) is 15.5. The van der Waals surface area contributed by atoms with E-state index in [9.17, 15) is 0 Å². The van der Waals surface area contributed by atoms with E-state index >= 15 is 0 Å². The third-order valence-corrected chi connectivity index (χ3v) is 5.20. The maximum Gasteiger partial charge on any atom is 0.227 e. The zero-order chi connectivity index (χ0) is 17.3. The monoisotopic (exact) mass is 350 g/mol. The van der Waals surface area contributed by atoms with Gasteiger partial charge in [0.15, 0.2) is 0 Å². The normalized spacial score (nSPS) is 20.9. The molecule has 2 aliphatic rings. The number of hydrogen-bond donors (Lipinski definition) is 3. The molecule has 1 unspecified atom stereocenters. The maximum absolute atomic E-state index is 4.74. The molecule has 2 saturated heterocycles. The number of H-pyrrole nitrogens is 1. The standard InChI is InChI=1S/C18H22N8/c1-2-16-13(10-21-24-16)9-14(1)22-17-3-4-20-18(23-17)26-8-7-25-6-5-19-11-15(25)12-26/h1-4,9-10,15,19H,5-8,11-12H2,(H,21,24)(H,20,22,23). The van der Waals surface area contributed by atoms with Gasteiger partial charge in [-0.2, -0.15) is 10.1 Å². The summed E-state index contributed by atoms with van der Waals surface area (Å²) in [6.45, 7) is 6.28. The lowest BCUT2D eigenvalue weighted by Gasteiger charge is -2.44. The Morgan fingerprint density at radius 3 is 3.15 bits per heavy atom. The van der Waals surface area contributed by atoms with E-state index in [1.165, 1.54) is 0 Å². The van der Waals surface area contributed by atoms with Crippen LogP contribution in [0.2, 0.25) is 0 Å². The quantitative estimate of drug-likeness (QED) is 0.654. The summed E-state index contributed by atoms with van der Waals surface area (Å²) in [5.41, 5.74) is 2.02. The summed E-state index contributed by atoms with van der Waals surface area (Å²) in [6.07, 6.45) is 3.65. The van der Waals surface area contributed by atoms with E-state index < -0.39 is 0 Å². The Morgan fingerprint density at radius 2 is 2.15 bits per heavy atom. The molecule has 3 aromatic rings. The van der Waals surface area contributed by atoms with E-state index in [2.05, 4.69) is 41.7 Å². The van der Waals surface area contributed by atoms with Crippen molar-refractivity contribution in [3.05, 3.63) is 36.7 Å². The van der Waals surface area contributed by atoms with Gasteiger partial charge in [-0.05, 0) is 24.3 Å². The van der Waals surface area contributed by atoms with Crippen molar-refractivity contribution in [1.29, 1.82) is 0 Å². The van der Waals surface area contributed by atoms with Crippen LogP contribution in [0.1, 0.15) is 0 Å². The summed E-state index contributed by atoms with van der Waals surface area (Å²) in [5, 5.41) is 15.0. The molecule has 0 saturated carbocycles. The van der Waals surface area contributed by atoms with E-state index in [1.807, 2.05) is 30.6 Å². The number of rotatable bonds is 3. The highest BCUT2D eigenvalue weighted by Crippen LogP contribution is 2.22. The Balaban J connectivity index is 1.33. The minimum absolute atomic E-state index is 0.543. The third kappa shape index (κ3) is 2.97. The van der Waals surface area contributed by atoms with Gasteiger partial charge in [-0.1, -0.05) is 0 Å². The topological polar surface area (TPSA) is 85.0 Å². The van der Waals surface area contributed by atoms with Crippen LogP contribution in [0.25, 0.3) is 10.9 Å². The molecule has 8 heteroatoms. The van der Waals surface area contributed by atoms with Gasteiger partial charge in [0, 0.05) is 62.6 Å². The van der Waals surface area contributed by atoms with Gasteiger partial charge in [-0.25, -0.2) is 4.98 Å². The van der Waals surface area contributed by atoms with Crippen LogP contribution in [0.5, 0.6) is 0 Å². The molecule has 0 spiro atoms. The number of anilines is 3. The molecule has 134 valence electrons. The molecule has 1 aromatic carbocycles. The lowest BCUT2D eigenvalue weighted by atomic mass is 10.1. The van der Waals surface area contributed by atoms with Crippen molar-refractivity contribution in [2.75, 3.05) is 49.5 Å². The second kappa shape index (κ2) is 6.54. The van der Waals surface area contributed by atoms with Crippen LogP contribution in [0.3, 0.4) is 0 Å². The first-order valence-electron chi connectivity index (χ1n) is 9.08. The lowest BCUT2D eigenvalue weighted by Crippen LogP contribution is -2.61. The fraction of sp³-hybridized carbons (Fsp3) is 0.389. The average Bonchev–Trinajstić information content (AvgIpc) is 3.16. The largest absolute Gasteiger partial charge is 0.340 e. The third-order valence-electron chi connectivity index (χ3n) is 5.20. The Morgan fingerprint density at radius 1 is 1.15 bits per heavy atom. The van der Waals surface area contributed by atoms with Gasteiger partial charge in [-0.15, -0.1) is 0 Å². The highest BCUT2D eigenvalue weighted by molar-refractivity contribution is 5.82. The molecule has 4 heterocycles. The number of nitrogens with one attached hydrogen (secondary N) is 3. The number of aromatic amines is 1. The van der Waals surface area contributed by atoms with Gasteiger partial charge >= 0.3 is 0 Å². The van der Waals surface area contributed by atoms with E-state index in [0.29, 0.717) is 6.04 Å². The predicted molar refractivity (Wildman–Crippen MR) is 102 cm³/mol. The van der Waals surface area contributed by atoms with Crippen molar-refractivity contribution in [2.24, 2.45) is 0 Å². The Kier molecular flexibility index (Phi) is 3.91. The molecule has 5 rings (SSSR count). The molecule has 1 atom stereocenters. The van der Waals surface area contributed by atoms with Crippen molar-refractivity contribution in [3.63, 3.8) is 0 Å². The van der Waals surface area contributed by atoms with Gasteiger partial charge in [-0.3, -0.25) is 10.00 Å². The van der Waals surface area contributed by atoms with Gasteiger partial charge in [0.05, 0.1) is 11.7 Å². The molecular formula is C18H22N8. The van der Waals surface area contributed by atoms with Gasteiger partial charge in [0.2, 0.25) is 5.95 Å². The minimum atomic E-state index is 0.543. The van der Waals surface area contributed by atoms with Crippen molar-refractivity contribution in [1.82, 2.24) is 30.4 Å². The van der Waals surface area contributed by atoms with E-state index in [-0.39, 0.29) is 0 Å². The molecule has 8 nitrogen and oxygen atoms in total. The second-order valence-corrected chi connectivity index (χ2v) is 6.88. The van der Waals surface area contributed by atoms with Crippen LogP contribution < -0.4 is 15.5 Å². The molecule has 2 aromatic heterocycles. The lowest BCUT2D eigenvalue weighted by molar-refractivity contribution is 0.145. The average molecular weight is 350 g/mol. The van der Waals surface area contributed by atoms with Crippen molar-refractivity contribution in [2.45, 2.75) is 6.04 Å². The number of hydrogen-bond acceptors (Lipinski definition) is 7. The van der Waals surface area contributed by atoms with Crippen LogP contribution in [-0.4, -0.2) is 70.4 Å². The zero-order valence-corrected chi connectivity index (χ0v) is 14.5. The van der Waals surface area contributed by atoms with Crippen molar-refractivity contribution < 1.29 is 0 Å². The summed E-state index contributed by atoms with van der Waals surface area (Å²) in [7, 11) is 0. The molecule has 2 fully saturated rings. The fourth-order valence-corrected chi connectivity index (χ4v) is 3.79. The van der Waals surface area contributed by atoms with Crippen LogP contribution in [0.4, 0.5) is 17.5 Å². The molecule has 3 N–H and O–H groups in total. The molecule has 0 amide bonds. The summed E-state index contributed by atoms with van der Waals surface area (Å²) in [5.74, 6) is 1.60. The second-order valence-electron chi connectivity index (χ2n) is 6.88. The number of aromatic nitrogens is 4. The van der Waals surface area contributed by atoms with Crippen molar-refractivity contribution in [3.8, 4) is 0 Å². The van der Waals surface area contributed by atoms with Gasteiger partial charge in [0.1, 0.15) is 5.82 Å². The SMILES string of the molecule is c1cc(Nc2ccc3[nH]ncc3c2)nc(N2CCN3CCNCC3C2)n1. The Bertz CT molecular complexity index is 907. The first-order chi connectivity index (χ1) is 12.8. The summed E-state index contributed by atoms with van der Waals surface area (Å²) >= 11 is 0. The predicted octanol–water partition coefficient (Wildman–Crippen LogP) is 1.19. The van der Waals surface area contributed by atoms with Gasteiger partial charge in [0.25, 0.3) is 0 Å². The zero-order valence-electron chi connectivity index (χ0n) is 14.5. The molecule has 0 radical (unpaired) electrons. The van der Waals surface area contributed by atoms with Crippen LogP contribution in [-0.2, 0) is 0 Å². The maximum atomic E-state index is 4.74. The summed E-state index contributed by atoms with van der Waals surface area (Å²) in [4.78, 5) is 14.1. The van der Waals surface area contributed by atoms with Gasteiger partial charge < -0.3 is 15.5 Å². The number of fused-ring (bicyclic) bond motifs is 2. The fourth-order valence-electron chi connectivity index (χ4n) is 3.79. The summed E-state index contributed by atoms with van der Waals surface area (Å²) in [6, 6.07) is 8.55. The van der Waals surface area contributed by atoms with E-state index in [1.54, 1.807) is 0 Å². The number of nitrogens with zero attached hydrogens (tertiary/aromatic N) is 5. The van der Waals surface area contributed by atoms with Crippen LogP contribution in [0, 0.1) is 0 Å². The van der Waals surface area contributed by atoms with Crippen LogP contribution >= 0.6 is 0 Å². The first-order valence-corrected chi connectivity index (χ1v) is 9.08. The van der Waals surface area contributed by atoms with E-state index in [0.717, 1.165) is 67.6 Å². The number of piperazine rings is 2. The Hall–Kier alpha value is -2.71. The molecule has 26 heavy (non-hydrogen) atoms. The van der Waals surface area contributed by atoms with E-state index in [4.69, 9.17) is 4.98 Å². The molecule has 0 bridgehead atoms. The smallest absolute Gasteiger partial charge is 0.227 e. The highest BCUT2D eigenvalue weighted by atomic mass is 15.4. The molecular weight excluding hydrogens is 328 g/mol. The Labute approximate surface area is 151 Å². The van der Waals surface area contributed by atoms with Crippen LogP contribution in [0.15, 0.2) is 36.7 Å². The van der Waals surface area contributed by atoms with Crippen molar-refractivity contribution >= 4 is 28.4 Å². The molecule has 0 aliphatic carbocycles. The molecule has 2 aliphatic heterocycles.